The van der Waals surface area contributed by atoms with Crippen molar-refractivity contribution >= 4 is 8.80 Å². The second-order valence-electron chi connectivity index (χ2n) is 4.71. The molecule has 110 valence electrons. The summed E-state index contributed by atoms with van der Waals surface area (Å²) in [6.45, 7) is 4.22. The molecule has 18 heavy (non-hydrogen) atoms. The smallest absolute Gasteiger partial charge is 0.377 e. The average molecular weight is 278 g/mol. The number of unbranched alkanes of at least 4 members (excludes halogenated alkanes) is 3. The van der Waals surface area contributed by atoms with Crippen LogP contribution in [0.2, 0.25) is 6.04 Å². The largest absolute Gasteiger partial charge is 0.502 e. The van der Waals surface area contributed by atoms with Gasteiger partial charge in [-0.2, -0.15) is 0 Å². The maximum Gasteiger partial charge on any atom is 0.502 e. The van der Waals surface area contributed by atoms with Crippen LogP contribution in [0.5, 0.6) is 0 Å². The molecule has 0 bridgehead atoms. The molecule has 5 nitrogen and oxygen atoms in total. The van der Waals surface area contributed by atoms with Crippen molar-refractivity contribution < 1.29 is 13.3 Å². The van der Waals surface area contributed by atoms with Crippen LogP contribution < -0.4 is 11.5 Å². The van der Waals surface area contributed by atoms with Gasteiger partial charge >= 0.3 is 8.80 Å². The van der Waals surface area contributed by atoms with E-state index < -0.39 is 14.7 Å². The molecule has 4 N–H and O–H groups in total. The highest BCUT2D eigenvalue weighted by molar-refractivity contribution is 6.60. The lowest BCUT2D eigenvalue weighted by Gasteiger charge is -2.35. The summed E-state index contributed by atoms with van der Waals surface area (Å²) in [5.41, 5.74) is 12.0. The number of rotatable bonds is 11. The van der Waals surface area contributed by atoms with Crippen molar-refractivity contribution in [2.75, 3.05) is 14.2 Å². The van der Waals surface area contributed by atoms with Gasteiger partial charge in [0.2, 0.25) is 0 Å². The molecule has 0 fully saturated rings. The van der Waals surface area contributed by atoms with Gasteiger partial charge in [-0.25, -0.2) is 0 Å². The third kappa shape index (κ3) is 6.82. The van der Waals surface area contributed by atoms with Crippen molar-refractivity contribution in [2.24, 2.45) is 11.5 Å². The van der Waals surface area contributed by atoms with Crippen LogP contribution in [0.1, 0.15) is 52.4 Å². The van der Waals surface area contributed by atoms with Gasteiger partial charge in [-0.3, -0.25) is 11.5 Å². The molecule has 0 aromatic rings. The molecule has 0 amide bonds. The van der Waals surface area contributed by atoms with E-state index in [2.05, 4.69) is 13.8 Å². The van der Waals surface area contributed by atoms with E-state index in [0.717, 1.165) is 25.3 Å². The molecule has 0 heterocycles. The van der Waals surface area contributed by atoms with Crippen LogP contribution in [0, 0.1) is 0 Å². The standard InChI is InChI=1S/C12H30N2O3Si/c1-5-7-8-9-10-12(13,14)17-18(15-3,16-4)11-6-2/h5-11,13-14H2,1-4H3. The first kappa shape index (κ1) is 18.0. The molecule has 6 heteroatoms. The van der Waals surface area contributed by atoms with Gasteiger partial charge in [0, 0.05) is 26.7 Å². The normalized spacial score (nSPS) is 13.0. The van der Waals surface area contributed by atoms with Gasteiger partial charge in [0.1, 0.15) is 0 Å². The molecule has 0 saturated carbocycles. The molecule has 0 unspecified atom stereocenters. The average Bonchev–Trinajstić information content (AvgIpc) is 2.34. The molecule has 0 aromatic heterocycles. The van der Waals surface area contributed by atoms with Crippen molar-refractivity contribution in [3.05, 3.63) is 0 Å². The van der Waals surface area contributed by atoms with E-state index in [1.807, 2.05) is 0 Å². The third-order valence-corrected chi connectivity index (χ3v) is 5.99. The van der Waals surface area contributed by atoms with Gasteiger partial charge in [0.15, 0.2) is 5.85 Å². The first-order valence-electron chi connectivity index (χ1n) is 6.83. The zero-order chi connectivity index (χ0) is 14.1. The predicted octanol–water partition coefficient (Wildman–Crippen LogP) is 2.19. The van der Waals surface area contributed by atoms with E-state index in [1.54, 1.807) is 14.2 Å². The van der Waals surface area contributed by atoms with Crippen molar-refractivity contribution in [3.8, 4) is 0 Å². The first-order chi connectivity index (χ1) is 8.45. The van der Waals surface area contributed by atoms with E-state index in [-0.39, 0.29) is 0 Å². The third-order valence-electron chi connectivity index (χ3n) is 2.94. The van der Waals surface area contributed by atoms with E-state index >= 15 is 0 Å². The SMILES string of the molecule is CCCCCCC(N)(N)O[Si](CCC)(OC)OC. The molecule has 0 rings (SSSR count). The Bertz CT molecular complexity index is 211. The zero-order valence-electron chi connectivity index (χ0n) is 12.3. The zero-order valence-corrected chi connectivity index (χ0v) is 13.3. The first-order valence-corrected chi connectivity index (χ1v) is 8.76. The Labute approximate surface area is 113 Å². The topological polar surface area (TPSA) is 79.7 Å². The number of hydrogen-bond donors (Lipinski definition) is 2. The van der Waals surface area contributed by atoms with Crippen LogP contribution in [0.25, 0.3) is 0 Å². The predicted molar refractivity (Wildman–Crippen MR) is 75.8 cm³/mol. The second kappa shape index (κ2) is 9.01. The van der Waals surface area contributed by atoms with Gasteiger partial charge in [0.25, 0.3) is 0 Å². The molecule has 0 atom stereocenters. The molecule has 0 aliphatic heterocycles. The highest BCUT2D eigenvalue weighted by Gasteiger charge is 2.43. The lowest BCUT2D eigenvalue weighted by molar-refractivity contribution is -0.0171. The molecule has 0 aromatic carbocycles. The monoisotopic (exact) mass is 278 g/mol. The summed E-state index contributed by atoms with van der Waals surface area (Å²) in [6.07, 6.45) is 6.01. The quantitative estimate of drug-likeness (QED) is 0.344. The number of nitrogens with two attached hydrogens (primary N) is 2. The van der Waals surface area contributed by atoms with Crippen LogP contribution in [0.15, 0.2) is 0 Å². The van der Waals surface area contributed by atoms with E-state index in [1.165, 1.54) is 12.8 Å². The Morgan fingerprint density at radius 1 is 0.944 bits per heavy atom. The highest BCUT2D eigenvalue weighted by Crippen LogP contribution is 2.21. The molecular weight excluding hydrogens is 248 g/mol. The minimum absolute atomic E-state index is 0.623. The molecule has 0 spiro atoms. The molecule has 0 aliphatic carbocycles. The summed E-state index contributed by atoms with van der Waals surface area (Å²) in [4.78, 5) is 0. The van der Waals surface area contributed by atoms with Gasteiger partial charge in [-0.05, 0) is 6.42 Å². The Morgan fingerprint density at radius 3 is 2.00 bits per heavy atom. The van der Waals surface area contributed by atoms with E-state index in [9.17, 15) is 0 Å². The lowest BCUT2D eigenvalue weighted by atomic mass is 10.1. The van der Waals surface area contributed by atoms with Crippen LogP contribution in [-0.4, -0.2) is 28.9 Å². The van der Waals surface area contributed by atoms with Crippen molar-refractivity contribution in [3.63, 3.8) is 0 Å². The highest BCUT2D eigenvalue weighted by atomic mass is 28.4. The minimum atomic E-state index is -2.70. The van der Waals surface area contributed by atoms with Crippen LogP contribution in [0.4, 0.5) is 0 Å². The summed E-state index contributed by atoms with van der Waals surface area (Å²) < 4.78 is 16.6. The fourth-order valence-electron chi connectivity index (χ4n) is 1.90. The van der Waals surface area contributed by atoms with Gasteiger partial charge in [-0.15, -0.1) is 0 Å². The van der Waals surface area contributed by atoms with Crippen LogP contribution in [-0.2, 0) is 13.3 Å². The fraction of sp³-hybridized carbons (Fsp3) is 1.00. The molecule has 0 radical (unpaired) electrons. The minimum Gasteiger partial charge on any atom is -0.377 e. The van der Waals surface area contributed by atoms with E-state index in [4.69, 9.17) is 24.7 Å². The second-order valence-corrected chi connectivity index (χ2v) is 7.60. The fourth-order valence-corrected chi connectivity index (χ4v) is 4.03. The van der Waals surface area contributed by atoms with Gasteiger partial charge < -0.3 is 13.3 Å². The molecule has 0 aliphatic rings. The van der Waals surface area contributed by atoms with Crippen molar-refractivity contribution in [2.45, 2.75) is 64.3 Å². The summed E-state index contributed by atoms with van der Waals surface area (Å²) >= 11 is 0. The maximum atomic E-state index is 6.00. The van der Waals surface area contributed by atoms with Crippen molar-refractivity contribution in [1.29, 1.82) is 0 Å². The Hall–Kier alpha value is 0.0169. The Morgan fingerprint density at radius 2 is 1.56 bits per heavy atom. The van der Waals surface area contributed by atoms with Crippen molar-refractivity contribution in [1.82, 2.24) is 0 Å². The summed E-state index contributed by atoms with van der Waals surface area (Å²) in [6, 6.07) is 0.727. The Balaban J connectivity index is 4.31. The van der Waals surface area contributed by atoms with Gasteiger partial charge in [-0.1, -0.05) is 39.5 Å². The molecule has 0 saturated heterocycles. The Kier molecular flexibility index (Phi) is 9.01. The lowest BCUT2D eigenvalue weighted by Crippen LogP contribution is -2.61. The molecular formula is C12H30N2O3Si. The summed E-state index contributed by atoms with van der Waals surface area (Å²) in [5, 5.41) is 0. The number of hydrogen-bond acceptors (Lipinski definition) is 5. The summed E-state index contributed by atoms with van der Waals surface area (Å²) in [5.74, 6) is -1.15. The maximum absolute atomic E-state index is 6.00. The summed E-state index contributed by atoms with van der Waals surface area (Å²) in [7, 11) is 0.494. The van der Waals surface area contributed by atoms with E-state index in [0.29, 0.717) is 6.42 Å². The van der Waals surface area contributed by atoms with Crippen LogP contribution in [0.3, 0.4) is 0 Å². The van der Waals surface area contributed by atoms with Crippen LogP contribution >= 0.6 is 0 Å². The van der Waals surface area contributed by atoms with Gasteiger partial charge in [0.05, 0.1) is 0 Å².